The zero-order chi connectivity index (χ0) is 9.38. The lowest BCUT2D eigenvalue weighted by Gasteiger charge is -1.91. The number of aromatic nitrogens is 5. The number of hydrogen-bond donors (Lipinski definition) is 0. The highest BCUT2D eigenvalue weighted by Crippen LogP contribution is 2.06. The highest BCUT2D eigenvalue weighted by molar-refractivity contribution is 5.43. The number of fused-ring (bicyclic) bond motifs is 1. The fourth-order valence-electron chi connectivity index (χ4n) is 1.33. The average Bonchev–Trinajstić information content (AvgIpc) is 2.86. The van der Waals surface area contributed by atoms with E-state index in [1.165, 1.54) is 0 Å². The Bertz CT molecular complexity index is 518. The summed E-state index contributed by atoms with van der Waals surface area (Å²) in [5.74, 6) is 0.772. The molecule has 3 rings (SSSR count). The average molecular weight is 185 g/mol. The maximum Gasteiger partial charge on any atom is 0.177 e. The molecule has 68 valence electrons. The second-order valence-electron chi connectivity index (χ2n) is 2.88. The molecule has 0 N–H and O–H groups in total. The lowest BCUT2D eigenvalue weighted by atomic mass is 10.6. The van der Waals surface area contributed by atoms with E-state index in [9.17, 15) is 0 Å². The van der Waals surface area contributed by atoms with Crippen LogP contribution in [0.25, 0.3) is 11.5 Å². The fourth-order valence-corrected chi connectivity index (χ4v) is 1.33. The van der Waals surface area contributed by atoms with E-state index in [1.54, 1.807) is 21.6 Å². The second-order valence-corrected chi connectivity index (χ2v) is 2.88. The van der Waals surface area contributed by atoms with Crippen LogP contribution in [0, 0.1) is 0 Å². The summed E-state index contributed by atoms with van der Waals surface area (Å²) in [6, 6.07) is 5.58. The third-order valence-corrected chi connectivity index (χ3v) is 1.96. The molecular weight excluding hydrogens is 178 g/mol. The van der Waals surface area contributed by atoms with Gasteiger partial charge in [0.2, 0.25) is 0 Å². The highest BCUT2D eigenvalue weighted by Gasteiger charge is 2.02. The molecule has 0 bridgehead atoms. The first-order valence-electron chi connectivity index (χ1n) is 4.24. The standard InChI is InChI=1S/C9H7N5/c1-3-10-8-7-9(12-14(8)6-1)13-5-2-4-11-13/h1-7H. The van der Waals surface area contributed by atoms with E-state index in [0.29, 0.717) is 0 Å². The van der Waals surface area contributed by atoms with Gasteiger partial charge in [0.1, 0.15) is 0 Å². The van der Waals surface area contributed by atoms with Crippen LogP contribution in [0.4, 0.5) is 0 Å². The summed E-state index contributed by atoms with van der Waals surface area (Å²) in [6.07, 6.45) is 7.17. The summed E-state index contributed by atoms with van der Waals surface area (Å²) in [5.41, 5.74) is 0.818. The topological polar surface area (TPSA) is 48.0 Å². The first-order chi connectivity index (χ1) is 6.93. The van der Waals surface area contributed by atoms with E-state index >= 15 is 0 Å². The second kappa shape index (κ2) is 2.66. The molecule has 5 nitrogen and oxygen atoms in total. The predicted molar refractivity (Wildman–Crippen MR) is 50.1 cm³/mol. The Morgan fingerprint density at radius 1 is 1.07 bits per heavy atom. The molecule has 14 heavy (non-hydrogen) atoms. The molecule has 0 atom stereocenters. The van der Waals surface area contributed by atoms with Crippen LogP contribution in [-0.2, 0) is 0 Å². The van der Waals surface area contributed by atoms with E-state index in [-0.39, 0.29) is 0 Å². The van der Waals surface area contributed by atoms with Crippen molar-refractivity contribution >= 4 is 5.65 Å². The molecule has 0 aromatic carbocycles. The van der Waals surface area contributed by atoms with Crippen LogP contribution < -0.4 is 0 Å². The molecule has 3 aromatic rings. The van der Waals surface area contributed by atoms with E-state index in [2.05, 4.69) is 15.2 Å². The summed E-state index contributed by atoms with van der Waals surface area (Å²) in [6.45, 7) is 0. The summed E-state index contributed by atoms with van der Waals surface area (Å²) in [7, 11) is 0. The van der Waals surface area contributed by atoms with Crippen LogP contribution >= 0.6 is 0 Å². The maximum absolute atomic E-state index is 4.31. The van der Waals surface area contributed by atoms with Crippen LogP contribution in [0.1, 0.15) is 0 Å². The minimum Gasteiger partial charge on any atom is -0.237 e. The highest BCUT2D eigenvalue weighted by atomic mass is 15.4. The van der Waals surface area contributed by atoms with Crippen LogP contribution in [0.15, 0.2) is 43.0 Å². The Morgan fingerprint density at radius 3 is 2.79 bits per heavy atom. The van der Waals surface area contributed by atoms with E-state index < -0.39 is 0 Å². The van der Waals surface area contributed by atoms with E-state index in [1.807, 2.05) is 30.6 Å². The summed E-state index contributed by atoms with van der Waals surface area (Å²) < 4.78 is 3.42. The maximum atomic E-state index is 4.31. The van der Waals surface area contributed by atoms with Crippen molar-refractivity contribution in [1.29, 1.82) is 0 Å². The zero-order valence-corrected chi connectivity index (χ0v) is 7.28. The van der Waals surface area contributed by atoms with Crippen molar-refractivity contribution in [2.75, 3.05) is 0 Å². The number of nitrogens with zero attached hydrogens (tertiary/aromatic N) is 5. The molecule has 0 aliphatic heterocycles. The Morgan fingerprint density at radius 2 is 2.00 bits per heavy atom. The molecule has 0 unspecified atom stereocenters. The van der Waals surface area contributed by atoms with Crippen LogP contribution in [0.3, 0.4) is 0 Å². The molecule has 0 spiro atoms. The smallest absolute Gasteiger partial charge is 0.177 e. The molecule has 0 aliphatic carbocycles. The Balaban J connectivity index is 2.24. The molecule has 0 fully saturated rings. The van der Waals surface area contributed by atoms with Gasteiger partial charge >= 0.3 is 0 Å². The van der Waals surface area contributed by atoms with Gasteiger partial charge in [-0.15, -0.1) is 5.10 Å². The lowest BCUT2D eigenvalue weighted by molar-refractivity contribution is 0.812. The molecule has 3 aromatic heterocycles. The molecule has 0 radical (unpaired) electrons. The molecular formula is C9H7N5. The van der Waals surface area contributed by atoms with Crippen molar-refractivity contribution in [2.24, 2.45) is 0 Å². The van der Waals surface area contributed by atoms with Gasteiger partial charge in [0.05, 0.1) is 0 Å². The zero-order valence-electron chi connectivity index (χ0n) is 7.28. The Hall–Kier alpha value is -2.17. The van der Waals surface area contributed by atoms with Gasteiger partial charge in [-0.05, 0) is 12.1 Å². The first kappa shape index (κ1) is 7.25. The molecule has 0 aliphatic rings. The molecule has 0 saturated carbocycles. The lowest BCUT2D eigenvalue weighted by Crippen LogP contribution is -1.95. The van der Waals surface area contributed by atoms with Crippen molar-refractivity contribution in [1.82, 2.24) is 24.4 Å². The minimum absolute atomic E-state index is 0.772. The predicted octanol–water partition coefficient (Wildman–Crippen LogP) is 0.915. The SMILES string of the molecule is c1cnn(-c2cc3ncccn3n2)c1. The monoisotopic (exact) mass is 185 g/mol. The summed E-state index contributed by atoms with van der Waals surface area (Å²) in [4.78, 5) is 4.17. The van der Waals surface area contributed by atoms with Crippen molar-refractivity contribution in [3.8, 4) is 5.82 Å². The van der Waals surface area contributed by atoms with Crippen molar-refractivity contribution in [3.63, 3.8) is 0 Å². The van der Waals surface area contributed by atoms with E-state index in [0.717, 1.165) is 11.5 Å². The van der Waals surface area contributed by atoms with E-state index in [4.69, 9.17) is 0 Å². The third kappa shape index (κ3) is 0.990. The molecule has 5 heteroatoms. The van der Waals surface area contributed by atoms with Gasteiger partial charge in [0.15, 0.2) is 11.5 Å². The van der Waals surface area contributed by atoms with Gasteiger partial charge in [0, 0.05) is 30.9 Å². The quantitative estimate of drug-likeness (QED) is 0.566. The molecule has 0 amide bonds. The normalized spacial score (nSPS) is 10.9. The van der Waals surface area contributed by atoms with Gasteiger partial charge in [0.25, 0.3) is 0 Å². The largest absolute Gasteiger partial charge is 0.237 e. The van der Waals surface area contributed by atoms with Gasteiger partial charge in [-0.25, -0.2) is 14.2 Å². The Labute approximate surface area is 79.6 Å². The summed E-state index contributed by atoms with van der Waals surface area (Å²) >= 11 is 0. The van der Waals surface area contributed by atoms with Crippen molar-refractivity contribution in [3.05, 3.63) is 43.0 Å². The van der Waals surface area contributed by atoms with Crippen molar-refractivity contribution in [2.45, 2.75) is 0 Å². The Kier molecular flexibility index (Phi) is 1.38. The van der Waals surface area contributed by atoms with Crippen molar-refractivity contribution < 1.29 is 0 Å². The van der Waals surface area contributed by atoms with Crippen LogP contribution in [0.2, 0.25) is 0 Å². The van der Waals surface area contributed by atoms with Gasteiger partial charge in [-0.3, -0.25) is 0 Å². The molecule has 0 saturated heterocycles. The first-order valence-corrected chi connectivity index (χ1v) is 4.24. The summed E-state index contributed by atoms with van der Waals surface area (Å²) in [5, 5.41) is 8.40. The fraction of sp³-hybridized carbons (Fsp3) is 0. The van der Waals surface area contributed by atoms with Crippen LogP contribution in [0.5, 0.6) is 0 Å². The van der Waals surface area contributed by atoms with Crippen LogP contribution in [-0.4, -0.2) is 24.4 Å². The van der Waals surface area contributed by atoms with Gasteiger partial charge in [-0.1, -0.05) is 0 Å². The number of rotatable bonds is 1. The molecule has 3 heterocycles. The van der Waals surface area contributed by atoms with Gasteiger partial charge in [-0.2, -0.15) is 5.10 Å². The number of hydrogen-bond acceptors (Lipinski definition) is 3. The third-order valence-electron chi connectivity index (χ3n) is 1.96. The minimum atomic E-state index is 0.772. The van der Waals surface area contributed by atoms with Gasteiger partial charge < -0.3 is 0 Å².